The molecule has 2 amide bonds. The third-order valence-corrected chi connectivity index (χ3v) is 7.02. The van der Waals surface area contributed by atoms with Crippen LogP contribution >= 0.6 is 11.6 Å². The van der Waals surface area contributed by atoms with Crippen molar-refractivity contribution in [1.29, 1.82) is 0 Å². The Balaban J connectivity index is 1.50. The van der Waals surface area contributed by atoms with Crippen molar-refractivity contribution in [3.05, 3.63) is 64.7 Å². The van der Waals surface area contributed by atoms with Crippen molar-refractivity contribution in [1.82, 2.24) is 14.5 Å². The Bertz CT molecular complexity index is 1010. The molecule has 1 heterocycles. The third-order valence-electron chi connectivity index (χ3n) is 4.95. The number of nitrogens with zero attached hydrogens (tertiary/aromatic N) is 2. The first kappa shape index (κ1) is 22.3. The van der Waals surface area contributed by atoms with Crippen LogP contribution in [0.3, 0.4) is 0 Å². The zero-order valence-electron chi connectivity index (χ0n) is 16.7. The number of amides is 2. The second-order valence-corrected chi connectivity index (χ2v) is 9.71. The number of carbonyl (C=O) groups is 2. The molecule has 1 N–H and O–H groups in total. The van der Waals surface area contributed by atoms with E-state index in [-0.39, 0.29) is 23.9 Å². The molecular formula is C21H24ClN3O4S. The van der Waals surface area contributed by atoms with E-state index >= 15 is 0 Å². The number of likely N-dealkylation sites (tertiary alicyclic amines) is 1. The van der Waals surface area contributed by atoms with Crippen LogP contribution in [0.1, 0.15) is 24.0 Å². The van der Waals surface area contributed by atoms with E-state index in [4.69, 9.17) is 11.6 Å². The number of hydrogen-bond acceptors (Lipinski definition) is 4. The van der Waals surface area contributed by atoms with E-state index in [9.17, 15) is 18.0 Å². The zero-order valence-corrected chi connectivity index (χ0v) is 18.2. The second-order valence-electron chi connectivity index (χ2n) is 7.23. The summed E-state index contributed by atoms with van der Waals surface area (Å²) >= 11 is 5.79. The standard InChI is InChI=1S/C21H24ClN3O4S/c1-24(30(28,29)19-10-8-18(22)9-11-19)15-20(26)23-13-16-4-6-17(7-5-16)14-25-12-2-3-21(25)27/h4-11H,2-3,12-15H2,1H3,(H,23,26). The number of rotatable bonds is 8. The minimum Gasteiger partial charge on any atom is -0.351 e. The maximum atomic E-state index is 12.5. The summed E-state index contributed by atoms with van der Waals surface area (Å²) in [5.41, 5.74) is 1.93. The van der Waals surface area contributed by atoms with Gasteiger partial charge in [-0.25, -0.2) is 8.42 Å². The fourth-order valence-corrected chi connectivity index (χ4v) is 4.44. The summed E-state index contributed by atoms with van der Waals surface area (Å²) < 4.78 is 26.1. The lowest BCUT2D eigenvalue weighted by molar-refractivity contribution is -0.128. The maximum Gasteiger partial charge on any atom is 0.243 e. The van der Waals surface area contributed by atoms with Crippen molar-refractivity contribution < 1.29 is 18.0 Å². The fraction of sp³-hybridized carbons (Fsp3) is 0.333. The van der Waals surface area contributed by atoms with Crippen molar-refractivity contribution in [2.45, 2.75) is 30.8 Å². The van der Waals surface area contributed by atoms with Crippen LogP contribution in [0.4, 0.5) is 0 Å². The van der Waals surface area contributed by atoms with E-state index in [1.54, 1.807) is 0 Å². The van der Waals surface area contributed by atoms with Crippen LogP contribution in [-0.2, 0) is 32.7 Å². The molecule has 0 unspecified atom stereocenters. The van der Waals surface area contributed by atoms with E-state index < -0.39 is 15.9 Å². The summed E-state index contributed by atoms with van der Waals surface area (Å²) in [6.07, 6.45) is 1.53. The molecule has 1 aliphatic heterocycles. The van der Waals surface area contributed by atoms with Gasteiger partial charge in [0, 0.05) is 38.1 Å². The van der Waals surface area contributed by atoms with Crippen molar-refractivity contribution >= 4 is 33.4 Å². The van der Waals surface area contributed by atoms with E-state index in [0.717, 1.165) is 28.4 Å². The highest BCUT2D eigenvalue weighted by Gasteiger charge is 2.23. The smallest absolute Gasteiger partial charge is 0.243 e. The average molecular weight is 450 g/mol. The molecule has 7 nitrogen and oxygen atoms in total. The largest absolute Gasteiger partial charge is 0.351 e. The summed E-state index contributed by atoms with van der Waals surface area (Å²) in [6.45, 7) is 1.39. The first-order chi connectivity index (χ1) is 14.3. The predicted molar refractivity (Wildman–Crippen MR) is 114 cm³/mol. The molecule has 1 aliphatic rings. The lowest BCUT2D eigenvalue weighted by Crippen LogP contribution is -2.38. The monoisotopic (exact) mass is 449 g/mol. The van der Waals surface area contributed by atoms with Gasteiger partial charge in [0.25, 0.3) is 0 Å². The molecule has 0 radical (unpaired) electrons. The molecule has 0 bridgehead atoms. The molecule has 2 aromatic carbocycles. The van der Waals surface area contributed by atoms with Gasteiger partial charge in [-0.1, -0.05) is 35.9 Å². The molecule has 0 aliphatic carbocycles. The molecule has 30 heavy (non-hydrogen) atoms. The number of halogens is 1. The van der Waals surface area contributed by atoms with E-state index in [0.29, 0.717) is 18.0 Å². The number of hydrogen-bond donors (Lipinski definition) is 1. The van der Waals surface area contributed by atoms with E-state index in [1.165, 1.54) is 31.3 Å². The third kappa shape index (κ3) is 5.59. The Labute approximate surface area is 181 Å². The van der Waals surface area contributed by atoms with Gasteiger partial charge in [-0.3, -0.25) is 9.59 Å². The van der Waals surface area contributed by atoms with Crippen molar-refractivity contribution in [3.8, 4) is 0 Å². The molecule has 1 fully saturated rings. The average Bonchev–Trinajstić information content (AvgIpc) is 3.12. The van der Waals surface area contributed by atoms with Crippen LogP contribution in [-0.4, -0.2) is 49.6 Å². The van der Waals surface area contributed by atoms with Crippen LogP contribution in [0.2, 0.25) is 5.02 Å². The second kappa shape index (κ2) is 9.59. The Kier molecular flexibility index (Phi) is 7.12. The number of nitrogens with one attached hydrogen (secondary N) is 1. The first-order valence-corrected chi connectivity index (χ1v) is 11.4. The molecule has 2 aromatic rings. The maximum absolute atomic E-state index is 12.5. The van der Waals surface area contributed by atoms with Gasteiger partial charge < -0.3 is 10.2 Å². The van der Waals surface area contributed by atoms with Crippen LogP contribution in [0, 0.1) is 0 Å². The summed E-state index contributed by atoms with van der Waals surface area (Å²) in [7, 11) is -2.41. The van der Waals surface area contributed by atoms with Crippen LogP contribution in [0.15, 0.2) is 53.4 Å². The highest BCUT2D eigenvalue weighted by molar-refractivity contribution is 7.89. The normalized spacial score (nSPS) is 14.4. The van der Waals surface area contributed by atoms with Gasteiger partial charge in [0.05, 0.1) is 11.4 Å². The van der Waals surface area contributed by atoms with Gasteiger partial charge in [-0.2, -0.15) is 4.31 Å². The molecule has 3 rings (SSSR count). The fourth-order valence-electron chi connectivity index (χ4n) is 3.18. The van der Waals surface area contributed by atoms with Crippen LogP contribution in [0.25, 0.3) is 0 Å². The van der Waals surface area contributed by atoms with Crippen molar-refractivity contribution in [2.24, 2.45) is 0 Å². The molecular weight excluding hydrogens is 426 g/mol. The lowest BCUT2D eigenvalue weighted by atomic mass is 10.1. The summed E-state index contributed by atoms with van der Waals surface area (Å²) in [6, 6.07) is 13.5. The Morgan fingerprint density at radius 3 is 2.33 bits per heavy atom. The zero-order chi connectivity index (χ0) is 21.7. The minimum absolute atomic E-state index is 0.0780. The van der Waals surface area contributed by atoms with Crippen molar-refractivity contribution in [2.75, 3.05) is 20.1 Å². The van der Waals surface area contributed by atoms with Gasteiger partial charge in [0.2, 0.25) is 21.8 Å². The van der Waals surface area contributed by atoms with Crippen molar-refractivity contribution in [3.63, 3.8) is 0 Å². The van der Waals surface area contributed by atoms with E-state index in [1.807, 2.05) is 29.2 Å². The van der Waals surface area contributed by atoms with Gasteiger partial charge in [-0.15, -0.1) is 0 Å². The Morgan fingerprint density at radius 1 is 1.10 bits per heavy atom. The summed E-state index contributed by atoms with van der Waals surface area (Å²) in [5, 5.41) is 3.17. The van der Waals surface area contributed by atoms with Crippen LogP contribution in [0.5, 0.6) is 0 Å². The Hall–Kier alpha value is -2.42. The lowest BCUT2D eigenvalue weighted by Gasteiger charge is -2.17. The molecule has 0 spiro atoms. The molecule has 0 aromatic heterocycles. The molecule has 0 atom stereocenters. The summed E-state index contributed by atoms with van der Waals surface area (Å²) in [4.78, 5) is 25.8. The van der Waals surface area contributed by atoms with Crippen LogP contribution < -0.4 is 5.32 Å². The SMILES string of the molecule is CN(CC(=O)NCc1ccc(CN2CCCC2=O)cc1)S(=O)(=O)c1ccc(Cl)cc1. The number of benzene rings is 2. The summed E-state index contributed by atoms with van der Waals surface area (Å²) in [5.74, 6) is -0.217. The predicted octanol–water partition coefficient (Wildman–Crippen LogP) is 2.40. The first-order valence-electron chi connectivity index (χ1n) is 9.60. The van der Waals surface area contributed by atoms with E-state index in [2.05, 4.69) is 5.32 Å². The molecule has 160 valence electrons. The quantitative estimate of drug-likeness (QED) is 0.670. The molecule has 0 saturated carbocycles. The highest BCUT2D eigenvalue weighted by atomic mass is 35.5. The number of likely N-dealkylation sites (N-methyl/N-ethyl adjacent to an activating group) is 1. The number of sulfonamides is 1. The van der Waals surface area contributed by atoms with Gasteiger partial charge in [-0.05, 0) is 41.8 Å². The van der Waals surface area contributed by atoms with Gasteiger partial charge in [0.15, 0.2) is 0 Å². The minimum atomic E-state index is -3.77. The van der Waals surface area contributed by atoms with Gasteiger partial charge in [0.1, 0.15) is 0 Å². The molecule has 1 saturated heterocycles. The Morgan fingerprint density at radius 2 is 1.73 bits per heavy atom. The topological polar surface area (TPSA) is 86.8 Å². The molecule has 9 heteroatoms. The number of carbonyl (C=O) groups excluding carboxylic acids is 2. The van der Waals surface area contributed by atoms with Gasteiger partial charge >= 0.3 is 0 Å². The highest BCUT2D eigenvalue weighted by Crippen LogP contribution is 2.17.